The van der Waals surface area contributed by atoms with Crippen molar-refractivity contribution < 1.29 is 14.6 Å². The first-order valence-electron chi connectivity index (χ1n) is 4.90. The zero-order valence-corrected chi connectivity index (χ0v) is 10.3. The van der Waals surface area contributed by atoms with Crippen LogP contribution in [-0.4, -0.2) is 36.9 Å². The molecule has 1 atom stereocenters. The number of aliphatic hydroxyl groups excluding tert-OH is 1. The third-order valence-corrected chi connectivity index (χ3v) is 2.70. The van der Waals surface area contributed by atoms with Crippen molar-refractivity contribution in [3.8, 4) is 11.5 Å². The number of nitrogens with two attached hydrogens (primary N) is 1. The van der Waals surface area contributed by atoms with E-state index in [-0.39, 0.29) is 6.61 Å². The van der Waals surface area contributed by atoms with Crippen molar-refractivity contribution in [3.05, 3.63) is 18.2 Å². The lowest BCUT2D eigenvalue weighted by atomic mass is 10.3. The van der Waals surface area contributed by atoms with E-state index in [4.69, 9.17) is 15.2 Å². The van der Waals surface area contributed by atoms with Gasteiger partial charge in [0.05, 0.1) is 13.2 Å². The van der Waals surface area contributed by atoms with Crippen LogP contribution in [0.3, 0.4) is 0 Å². The maximum Gasteiger partial charge on any atom is 0.162 e. The Hall–Kier alpha value is -1.07. The number of anilines is 1. The van der Waals surface area contributed by atoms with Gasteiger partial charge in [-0.3, -0.25) is 0 Å². The van der Waals surface area contributed by atoms with E-state index in [1.54, 1.807) is 37.1 Å². The summed E-state index contributed by atoms with van der Waals surface area (Å²) >= 11 is 1.58. The van der Waals surface area contributed by atoms with Crippen LogP contribution in [0.4, 0.5) is 5.69 Å². The van der Waals surface area contributed by atoms with Gasteiger partial charge in [0.1, 0.15) is 6.61 Å². The fraction of sp³-hybridized carbons (Fsp3) is 0.455. The van der Waals surface area contributed by atoms with Gasteiger partial charge < -0.3 is 20.3 Å². The number of ether oxygens (including phenoxy) is 2. The second-order valence-electron chi connectivity index (χ2n) is 3.33. The summed E-state index contributed by atoms with van der Waals surface area (Å²) in [6, 6.07) is 5.16. The van der Waals surface area contributed by atoms with Crippen molar-refractivity contribution in [1.29, 1.82) is 0 Å². The van der Waals surface area contributed by atoms with Gasteiger partial charge in [0, 0.05) is 17.5 Å². The maximum atomic E-state index is 9.52. The van der Waals surface area contributed by atoms with Crippen LogP contribution in [0.1, 0.15) is 0 Å². The molecule has 5 heteroatoms. The number of benzene rings is 1. The minimum atomic E-state index is -0.475. The SMILES string of the molecule is COc1cc(N)ccc1OCC(O)CSC. The Morgan fingerprint density at radius 1 is 1.44 bits per heavy atom. The van der Waals surface area contributed by atoms with Gasteiger partial charge in [-0.2, -0.15) is 11.8 Å². The lowest BCUT2D eigenvalue weighted by molar-refractivity contribution is 0.124. The molecule has 1 aromatic rings. The number of rotatable bonds is 6. The van der Waals surface area contributed by atoms with Crippen LogP contribution in [-0.2, 0) is 0 Å². The molecular weight excluding hydrogens is 226 g/mol. The Kier molecular flexibility index (Phi) is 5.28. The van der Waals surface area contributed by atoms with Crippen molar-refractivity contribution in [2.45, 2.75) is 6.10 Å². The highest BCUT2D eigenvalue weighted by molar-refractivity contribution is 7.98. The van der Waals surface area contributed by atoms with E-state index < -0.39 is 6.10 Å². The summed E-state index contributed by atoms with van der Waals surface area (Å²) in [6.07, 6.45) is 1.46. The third-order valence-electron chi connectivity index (χ3n) is 1.98. The summed E-state index contributed by atoms with van der Waals surface area (Å²) in [7, 11) is 1.56. The average Bonchev–Trinajstić information content (AvgIpc) is 2.27. The predicted molar refractivity (Wildman–Crippen MR) is 67.3 cm³/mol. The van der Waals surface area contributed by atoms with Crippen LogP contribution >= 0.6 is 11.8 Å². The largest absolute Gasteiger partial charge is 0.493 e. The third kappa shape index (κ3) is 3.83. The molecule has 0 heterocycles. The molecular formula is C11H17NO3S. The summed E-state index contributed by atoms with van der Waals surface area (Å²) in [5, 5.41) is 9.52. The lowest BCUT2D eigenvalue weighted by Crippen LogP contribution is -2.20. The first-order valence-corrected chi connectivity index (χ1v) is 6.30. The zero-order chi connectivity index (χ0) is 12.0. The lowest BCUT2D eigenvalue weighted by Gasteiger charge is -2.13. The van der Waals surface area contributed by atoms with Crippen molar-refractivity contribution in [1.82, 2.24) is 0 Å². The molecule has 1 unspecified atom stereocenters. The first kappa shape index (κ1) is 13.0. The molecule has 0 bridgehead atoms. The number of nitrogen functional groups attached to an aromatic ring is 1. The van der Waals surface area contributed by atoms with Crippen molar-refractivity contribution in [2.24, 2.45) is 0 Å². The van der Waals surface area contributed by atoms with E-state index in [2.05, 4.69) is 0 Å². The summed E-state index contributed by atoms with van der Waals surface area (Å²) in [4.78, 5) is 0. The summed E-state index contributed by atoms with van der Waals surface area (Å²) < 4.78 is 10.6. The molecule has 1 aromatic carbocycles. The van der Waals surface area contributed by atoms with E-state index in [9.17, 15) is 5.11 Å². The number of hydrogen-bond donors (Lipinski definition) is 2. The Morgan fingerprint density at radius 3 is 2.81 bits per heavy atom. The number of hydrogen-bond acceptors (Lipinski definition) is 5. The molecule has 4 nitrogen and oxygen atoms in total. The standard InChI is InChI=1S/C11H17NO3S/c1-14-11-5-8(12)3-4-10(11)15-6-9(13)7-16-2/h3-5,9,13H,6-7,12H2,1-2H3. The van der Waals surface area contributed by atoms with E-state index in [1.165, 1.54) is 0 Å². The molecule has 0 amide bonds. The highest BCUT2D eigenvalue weighted by Gasteiger charge is 2.08. The minimum Gasteiger partial charge on any atom is -0.493 e. The van der Waals surface area contributed by atoms with Crippen molar-refractivity contribution >= 4 is 17.4 Å². The van der Waals surface area contributed by atoms with Gasteiger partial charge in [0.25, 0.3) is 0 Å². The summed E-state index contributed by atoms with van der Waals surface area (Å²) in [5.41, 5.74) is 6.24. The van der Waals surface area contributed by atoms with Crippen LogP contribution in [0.25, 0.3) is 0 Å². The second kappa shape index (κ2) is 6.50. The predicted octanol–water partition coefficient (Wildman–Crippen LogP) is 1.38. The Morgan fingerprint density at radius 2 is 2.19 bits per heavy atom. The van der Waals surface area contributed by atoms with Gasteiger partial charge in [-0.1, -0.05) is 0 Å². The molecule has 0 aliphatic heterocycles. The van der Waals surface area contributed by atoms with Gasteiger partial charge in [-0.05, 0) is 18.4 Å². The molecule has 0 fully saturated rings. The molecule has 0 radical (unpaired) electrons. The van der Waals surface area contributed by atoms with E-state index in [0.717, 1.165) is 0 Å². The highest BCUT2D eigenvalue weighted by atomic mass is 32.2. The van der Waals surface area contributed by atoms with Crippen LogP contribution in [0.2, 0.25) is 0 Å². The van der Waals surface area contributed by atoms with Crippen LogP contribution in [0.5, 0.6) is 11.5 Å². The maximum absolute atomic E-state index is 9.52. The van der Waals surface area contributed by atoms with E-state index in [1.807, 2.05) is 6.26 Å². The Labute approximate surface area is 99.7 Å². The van der Waals surface area contributed by atoms with E-state index in [0.29, 0.717) is 22.9 Å². The molecule has 0 aliphatic rings. The molecule has 0 spiro atoms. The monoisotopic (exact) mass is 243 g/mol. The fourth-order valence-electron chi connectivity index (χ4n) is 1.23. The number of thioether (sulfide) groups is 1. The second-order valence-corrected chi connectivity index (χ2v) is 4.24. The highest BCUT2D eigenvalue weighted by Crippen LogP contribution is 2.29. The van der Waals surface area contributed by atoms with Crippen LogP contribution < -0.4 is 15.2 Å². The van der Waals surface area contributed by atoms with Crippen LogP contribution in [0, 0.1) is 0 Å². The Balaban J connectivity index is 2.59. The van der Waals surface area contributed by atoms with Gasteiger partial charge >= 0.3 is 0 Å². The van der Waals surface area contributed by atoms with Gasteiger partial charge in [0.15, 0.2) is 11.5 Å². The zero-order valence-electron chi connectivity index (χ0n) is 9.47. The normalized spacial score (nSPS) is 12.2. The van der Waals surface area contributed by atoms with E-state index >= 15 is 0 Å². The molecule has 0 aromatic heterocycles. The van der Waals surface area contributed by atoms with Crippen LogP contribution in [0.15, 0.2) is 18.2 Å². The van der Waals surface area contributed by atoms with Gasteiger partial charge in [-0.15, -0.1) is 0 Å². The summed E-state index contributed by atoms with van der Waals surface area (Å²) in [6.45, 7) is 0.251. The molecule has 0 saturated carbocycles. The molecule has 3 N–H and O–H groups in total. The molecule has 1 rings (SSSR count). The summed E-state index contributed by atoms with van der Waals surface area (Å²) in [5.74, 6) is 1.82. The molecule has 90 valence electrons. The quantitative estimate of drug-likeness (QED) is 0.739. The van der Waals surface area contributed by atoms with Crippen molar-refractivity contribution in [3.63, 3.8) is 0 Å². The van der Waals surface area contributed by atoms with Gasteiger partial charge in [-0.25, -0.2) is 0 Å². The minimum absolute atomic E-state index is 0.251. The van der Waals surface area contributed by atoms with Gasteiger partial charge in [0.2, 0.25) is 0 Å². The van der Waals surface area contributed by atoms with Crippen molar-refractivity contribution in [2.75, 3.05) is 31.5 Å². The average molecular weight is 243 g/mol. The number of aliphatic hydroxyl groups is 1. The first-order chi connectivity index (χ1) is 7.67. The Bertz CT molecular complexity index is 333. The smallest absolute Gasteiger partial charge is 0.162 e. The topological polar surface area (TPSA) is 64.7 Å². The fourth-order valence-corrected chi connectivity index (χ4v) is 1.71. The molecule has 0 aliphatic carbocycles. The molecule has 16 heavy (non-hydrogen) atoms. The molecule has 0 saturated heterocycles. The number of methoxy groups -OCH3 is 1.